The summed E-state index contributed by atoms with van der Waals surface area (Å²) in [5, 5.41) is 1.79. The van der Waals surface area contributed by atoms with E-state index in [0.717, 1.165) is 16.7 Å². The van der Waals surface area contributed by atoms with E-state index in [9.17, 15) is 0 Å². The SMILES string of the molecule is Clc1ncnc2c1cc(Cl)n2-c1cccc(C2CC2)c1. The van der Waals surface area contributed by atoms with E-state index in [2.05, 4.69) is 28.2 Å². The lowest BCUT2D eigenvalue weighted by Crippen LogP contribution is -1.97. The van der Waals surface area contributed by atoms with Gasteiger partial charge in [-0.2, -0.15) is 0 Å². The first-order valence-corrected chi connectivity index (χ1v) is 7.27. The number of halogens is 2. The molecule has 0 bridgehead atoms. The van der Waals surface area contributed by atoms with E-state index in [0.29, 0.717) is 16.2 Å². The predicted molar refractivity (Wildman–Crippen MR) is 80.9 cm³/mol. The predicted octanol–water partition coefficient (Wildman–Crippen LogP) is 4.60. The zero-order valence-corrected chi connectivity index (χ0v) is 12.1. The van der Waals surface area contributed by atoms with Crippen LogP contribution in [0.4, 0.5) is 0 Å². The molecule has 3 nitrogen and oxygen atoms in total. The molecular formula is C15H11Cl2N3. The summed E-state index contributed by atoms with van der Waals surface area (Å²) >= 11 is 12.5. The summed E-state index contributed by atoms with van der Waals surface area (Å²) in [7, 11) is 0. The highest BCUT2D eigenvalue weighted by atomic mass is 35.5. The van der Waals surface area contributed by atoms with Gasteiger partial charge in [0.15, 0.2) is 5.65 Å². The zero-order valence-electron chi connectivity index (χ0n) is 10.6. The van der Waals surface area contributed by atoms with E-state index < -0.39 is 0 Å². The summed E-state index contributed by atoms with van der Waals surface area (Å²) in [4.78, 5) is 8.31. The maximum absolute atomic E-state index is 6.36. The van der Waals surface area contributed by atoms with Gasteiger partial charge in [-0.3, -0.25) is 4.57 Å². The Kier molecular flexibility index (Phi) is 2.72. The van der Waals surface area contributed by atoms with Crippen LogP contribution in [-0.2, 0) is 0 Å². The van der Waals surface area contributed by atoms with Crippen molar-refractivity contribution in [3.8, 4) is 5.69 Å². The van der Waals surface area contributed by atoms with Gasteiger partial charge in [0.25, 0.3) is 0 Å². The van der Waals surface area contributed by atoms with Crippen LogP contribution < -0.4 is 0 Å². The molecular weight excluding hydrogens is 293 g/mol. The van der Waals surface area contributed by atoms with E-state index in [-0.39, 0.29) is 0 Å². The van der Waals surface area contributed by atoms with Crippen molar-refractivity contribution in [2.75, 3.05) is 0 Å². The Bertz CT molecular complexity index is 806. The van der Waals surface area contributed by atoms with Crippen molar-refractivity contribution in [1.29, 1.82) is 0 Å². The monoisotopic (exact) mass is 303 g/mol. The molecule has 0 aliphatic heterocycles. The number of fused-ring (bicyclic) bond motifs is 1. The Labute approximate surface area is 126 Å². The molecule has 3 aromatic rings. The average molecular weight is 304 g/mol. The van der Waals surface area contributed by atoms with E-state index >= 15 is 0 Å². The van der Waals surface area contributed by atoms with Crippen molar-refractivity contribution in [3.63, 3.8) is 0 Å². The number of hydrogen-bond acceptors (Lipinski definition) is 2. The highest BCUT2D eigenvalue weighted by Crippen LogP contribution is 2.41. The van der Waals surface area contributed by atoms with Crippen molar-refractivity contribution >= 4 is 34.2 Å². The number of hydrogen-bond donors (Lipinski definition) is 0. The third-order valence-electron chi connectivity index (χ3n) is 3.68. The molecule has 100 valence electrons. The Balaban J connectivity index is 1.95. The van der Waals surface area contributed by atoms with Gasteiger partial charge in [0.1, 0.15) is 16.6 Å². The van der Waals surface area contributed by atoms with Crippen molar-refractivity contribution in [2.45, 2.75) is 18.8 Å². The Morgan fingerprint density at radius 2 is 1.95 bits per heavy atom. The fourth-order valence-corrected chi connectivity index (χ4v) is 3.00. The summed E-state index contributed by atoms with van der Waals surface area (Å²) in [6, 6.07) is 10.3. The van der Waals surface area contributed by atoms with Crippen LogP contribution in [0.1, 0.15) is 24.3 Å². The van der Waals surface area contributed by atoms with E-state index in [1.54, 1.807) is 0 Å². The van der Waals surface area contributed by atoms with E-state index in [1.165, 1.54) is 24.7 Å². The van der Waals surface area contributed by atoms with Crippen LogP contribution >= 0.6 is 23.2 Å². The molecule has 0 radical (unpaired) electrons. The molecule has 0 spiro atoms. The van der Waals surface area contributed by atoms with E-state index in [1.807, 2.05) is 16.7 Å². The van der Waals surface area contributed by atoms with Crippen molar-refractivity contribution in [2.24, 2.45) is 0 Å². The lowest BCUT2D eigenvalue weighted by atomic mass is 10.1. The molecule has 4 rings (SSSR count). The lowest BCUT2D eigenvalue weighted by Gasteiger charge is -2.08. The molecule has 0 amide bonds. The number of rotatable bonds is 2. The molecule has 1 aliphatic carbocycles. The Morgan fingerprint density at radius 3 is 2.75 bits per heavy atom. The topological polar surface area (TPSA) is 30.7 Å². The summed E-state index contributed by atoms with van der Waals surface area (Å²) in [5.41, 5.74) is 3.12. The molecule has 1 aromatic carbocycles. The van der Waals surface area contributed by atoms with Crippen LogP contribution in [-0.4, -0.2) is 14.5 Å². The zero-order chi connectivity index (χ0) is 13.7. The average Bonchev–Trinajstić information content (AvgIpc) is 3.23. The Morgan fingerprint density at radius 1 is 1.10 bits per heavy atom. The van der Waals surface area contributed by atoms with Crippen molar-refractivity contribution in [3.05, 3.63) is 52.5 Å². The first-order valence-electron chi connectivity index (χ1n) is 6.52. The van der Waals surface area contributed by atoms with Gasteiger partial charge in [0.2, 0.25) is 0 Å². The van der Waals surface area contributed by atoms with Gasteiger partial charge in [-0.1, -0.05) is 35.3 Å². The summed E-state index contributed by atoms with van der Waals surface area (Å²) in [5.74, 6) is 0.703. The van der Waals surface area contributed by atoms with E-state index in [4.69, 9.17) is 23.2 Å². The van der Waals surface area contributed by atoms with Gasteiger partial charge in [-0.05, 0) is 42.5 Å². The minimum Gasteiger partial charge on any atom is -0.284 e. The smallest absolute Gasteiger partial charge is 0.150 e. The van der Waals surface area contributed by atoms with Crippen LogP contribution in [0.2, 0.25) is 10.3 Å². The fourth-order valence-electron chi connectivity index (χ4n) is 2.53. The number of benzene rings is 1. The maximum atomic E-state index is 6.36. The third kappa shape index (κ3) is 1.89. The lowest BCUT2D eigenvalue weighted by molar-refractivity contribution is 1.05. The molecule has 0 saturated heterocycles. The molecule has 0 atom stereocenters. The molecule has 1 fully saturated rings. The standard InChI is InChI=1S/C15H11Cl2N3/c16-13-7-12-14(17)18-8-19-15(12)20(13)11-3-1-2-10(6-11)9-4-5-9/h1-3,6-9H,4-5H2. The molecule has 0 N–H and O–H groups in total. The summed E-state index contributed by atoms with van der Waals surface area (Å²) in [6.45, 7) is 0. The van der Waals surface area contributed by atoms with Crippen LogP contribution in [0.15, 0.2) is 36.7 Å². The number of nitrogens with zero attached hydrogens (tertiary/aromatic N) is 3. The summed E-state index contributed by atoms with van der Waals surface area (Å²) < 4.78 is 1.91. The molecule has 2 heterocycles. The largest absolute Gasteiger partial charge is 0.284 e. The third-order valence-corrected chi connectivity index (χ3v) is 4.26. The molecule has 5 heteroatoms. The fraction of sp³-hybridized carbons (Fsp3) is 0.200. The molecule has 2 aromatic heterocycles. The second-order valence-corrected chi connectivity index (χ2v) is 5.82. The van der Waals surface area contributed by atoms with Gasteiger partial charge >= 0.3 is 0 Å². The van der Waals surface area contributed by atoms with Crippen molar-refractivity contribution in [1.82, 2.24) is 14.5 Å². The normalized spacial score (nSPS) is 14.9. The first kappa shape index (κ1) is 12.2. The second kappa shape index (κ2) is 4.47. The van der Waals surface area contributed by atoms with Crippen molar-refractivity contribution < 1.29 is 0 Å². The van der Waals surface area contributed by atoms with Gasteiger partial charge in [-0.25, -0.2) is 9.97 Å². The minimum atomic E-state index is 0.425. The van der Waals surface area contributed by atoms with Gasteiger partial charge in [-0.15, -0.1) is 0 Å². The molecule has 1 saturated carbocycles. The van der Waals surface area contributed by atoms with Gasteiger partial charge < -0.3 is 0 Å². The first-order chi connectivity index (χ1) is 9.74. The molecule has 1 aliphatic rings. The highest BCUT2D eigenvalue weighted by Gasteiger charge is 2.24. The Hall–Kier alpha value is -1.58. The highest BCUT2D eigenvalue weighted by molar-refractivity contribution is 6.36. The van der Waals surface area contributed by atoms with Crippen LogP contribution in [0, 0.1) is 0 Å². The van der Waals surface area contributed by atoms with Crippen LogP contribution in [0.25, 0.3) is 16.7 Å². The summed E-state index contributed by atoms with van der Waals surface area (Å²) in [6.07, 6.45) is 4.01. The van der Waals surface area contributed by atoms with Crippen LogP contribution in [0.5, 0.6) is 0 Å². The second-order valence-electron chi connectivity index (χ2n) is 5.07. The molecule has 0 unspecified atom stereocenters. The maximum Gasteiger partial charge on any atom is 0.150 e. The van der Waals surface area contributed by atoms with Gasteiger partial charge in [0.05, 0.1) is 5.39 Å². The van der Waals surface area contributed by atoms with Gasteiger partial charge in [0, 0.05) is 5.69 Å². The number of aromatic nitrogens is 3. The van der Waals surface area contributed by atoms with Crippen LogP contribution in [0.3, 0.4) is 0 Å². The molecule has 20 heavy (non-hydrogen) atoms. The minimum absolute atomic E-state index is 0.425. The quantitative estimate of drug-likeness (QED) is 0.648.